The molecule has 0 atom stereocenters. The SMILES string of the molecule is CCOC(=O)CNC(=O)N1CCC(CNc2nccc3nc(C(F)(F)F)ccc23)CC1. The number of hydrogen-bond acceptors (Lipinski definition) is 6. The fraction of sp³-hybridized carbons (Fsp3) is 0.500. The molecule has 2 amide bonds. The van der Waals surface area contributed by atoms with Gasteiger partial charge >= 0.3 is 18.2 Å². The number of carbonyl (C=O) groups excluding carboxylic acids is 2. The van der Waals surface area contributed by atoms with Crippen LogP contribution in [-0.4, -0.2) is 59.7 Å². The normalized spacial score (nSPS) is 15.0. The molecule has 0 aliphatic carbocycles. The van der Waals surface area contributed by atoms with Crippen LogP contribution in [0.5, 0.6) is 0 Å². The molecule has 11 heteroatoms. The fourth-order valence-corrected chi connectivity index (χ4v) is 3.41. The molecule has 2 N–H and O–H groups in total. The van der Waals surface area contributed by atoms with Gasteiger partial charge < -0.3 is 20.3 Å². The number of ether oxygens (including phenoxy) is 1. The number of piperidine rings is 1. The van der Waals surface area contributed by atoms with E-state index in [1.54, 1.807) is 11.8 Å². The van der Waals surface area contributed by atoms with E-state index >= 15 is 0 Å². The minimum absolute atomic E-state index is 0.162. The van der Waals surface area contributed by atoms with Gasteiger partial charge in [-0.15, -0.1) is 0 Å². The zero-order chi connectivity index (χ0) is 22.4. The van der Waals surface area contributed by atoms with Crippen molar-refractivity contribution in [2.75, 3.05) is 38.1 Å². The Bertz CT molecular complexity index is 930. The number of halogens is 3. The number of urea groups is 1. The number of nitrogens with one attached hydrogen (secondary N) is 2. The predicted octanol–water partition coefficient (Wildman–Crippen LogP) is 3.05. The number of pyridine rings is 2. The Labute approximate surface area is 177 Å². The summed E-state index contributed by atoms with van der Waals surface area (Å²) in [6, 6.07) is 3.46. The van der Waals surface area contributed by atoms with Crippen molar-refractivity contribution in [2.24, 2.45) is 5.92 Å². The third kappa shape index (κ3) is 5.96. The van der Waals surface area contributed by atoms with Gasteiger partial charge in [0.05, 0.1) is 12.1 Å². The van der Waals surface area contributed by atoms with Crippen LogP contribution in [0.25, 0.3) is 10.9 Å². The van der Waals surface area contributed by atoms with Crippen molar-refractivity contribution < 1.29 is 27.5 Å². The average Bonchev–Trinajstić information content (AvgIpc) is 2.75. The number of esters is 1. The molecule has 0 aromatic carbocycles. The summed E-state index contributed by atoms with van der Waals surface area (Å²) in [4.78, 5) is 33.0. The second kappa shape index (κ2) is 9.80. The van der Waals surface area contributed by atoms with Crippen molar-refractivity contribution in [3.05, 3.63) is 30.1 Å². The molecule has 3 heterocycles. The lowest BCUT2D eigenvalue weighted by atomic mass is 9.97. The van der Waals surface area contributed by atoms with Crippen molar-refractivity contribution >= 4 is 28.7 Å². The maximum absolute atomic E-state index is 12.9. The Morgan fingerprint density at radius 2 is 1.97 bits per heavy atom. The van der Waals surface area contributed by atoms with E-state index < -0.39 is 17.8 Å². The first-order chi connectivity index (χ1) is 14.8. The van der Waals surface area contributed by atoms with Crippen LogP contribution in [0, 0.1) is 5.92 Å². The highest BCUT2D eigenvalue weighted by atomic mass is 19.4. The van der Waals surface area contributed by atoms with Crippen LogP contribution in [0.1, 0.15) is 25.5 Å². The number of amides is 2. The summed E-state index contributed by atoms with van der Waals surface area (Å²) in [7, 11) is 0. The van der Waals surface area contributed by atoms with Crippen LogP contribution >= 0.6 is 0 Å². The van der Waals surface area contributed by atoms with E-state index in [4.69, 9.17) is 4.74 Å². The summed E-state index contributed by atoms with van der Waals surface area (Å²) < 4.78 is 43.4. The molecule has 0 bridgehead atoms. The number of anilines is 1. The first-order valence-electron chi connectivity index (χ1n) is 10.0. The second-order valence-corrected chi connectivity index (χ2v) is 7.20. The molecule has 0 radical (unpaired) electrons. The van der Waals surface area contributed by atoms with Crippen LogP contribution in [0.4, 0.5) is 23.8 Å². The number of nitrogens with zero attached hydrogens (tertiary/aromatic N) is 3. The molecule has 168 valence electrons. The molecule has 1 fully saturated rings. The van der Waals surface area contributed by atoms with E-state index in [1.807, 2.05) is 0 Å². The number of hydrogen-bond donors (Lipinski definition) is 2. The minimum Gasteiger partial charge on any atom is -0.465 e. The number of carbonyl (C=O) groups is 2. The summed E-state index contributed by atoms with van der Waals surface area (Å²) in [5.74, 6) is 0.274. The van der Waals surface area contributed by atoms with Gasteiger partial charge in [-0.1, -0.05) is 0 Å². The Kier molecular flexibility index (Phi) is 7.13. The smallest absolute Gasteiger partial charge is 0.433 e. The number of rotatable bonds is 6. The lowest BCUT2D eigenvalue weighted by Gasteiger charge is -2.32. The highest BCUT2D eigenvalue weighted by molar-refractivity contribution is 5.89. The fourth-order valence-electron chi connectivity index (χ4n) is 3.41. The van der Waals surface area contributed by atoms with Crippen molar-refractivity contribution in [3.63, 3.8) is 0 Å². The molecular weight excluding hydrogens is 415 g/mol. The Morgan fingerprint density at radius 1 is 1.23 bits per heavy atom. The molecule has 3 rings (SSSR count). The predicted molar refractivity (Wildman–Crippen MR) is 107 cm³/mol. The highest BCUT2D eigenvalue weighted by Gasteiger charge is 2.32. The second-order valence-electron chi connectivity index (χ2n) is 7.20. The van der Waals surface area contributed by atoms with E-state index in [1.165, 1.54) is 18.3 Å². The first kappa shape index (κ1) is 22.6. The zero-order valence-corrected chi connectivity index (χ0v) is 17.0. The van der Waals surface area contributed by atoms with Crippen LogP contribution < -0.4 is 10.6 Å². The quantitative estimate of drug-likeness (QED) is 0.672. The van der Waals surface area contributed by atoms with Crippen LogP contribution in [0.15, 0.2) is 24.4 Å². The first-order valence-corrected chi connectivity index (χ1v) is 10.0. The summed E-state index contributed by atoms with van der Waals surface area (Å²) >= 11 is 0. The molecule has 1 aliphatic rings. The molecule has 8 nitrogen and oxygen atoms in total. The van der Waals surface area contributed by atoms with Crippen molar-refractivity contribution in [1.82, 2.24) is 20.2 Å². The van der Waals surface area contributed by atoms with Crippen LogP contribution in [0.3, 0.4) is 0 Å². The van der Waals surface area contributed by atoms with Gasteiger partial charge in [0.15, 0.2) is 0 Å². The number of alkyl halides is 3. The van der Waals surface area contributed by atoms with E-state index in [0.717, 1.165) is 18.9 Å². The molecule has 2 aromatic rings. The van der Waals surface area contributed by atoms with Crippen LogP contribution in [0.2, 0.25) is 0 Å². The molecule has 1 saturated heterocycles. The molecule has 0 saturated carbocycles. The van der Waals surface area contributed by atoms with Gasteiger partial charge in [-0.2, -0.15) is 13.2 Å². The Morgan fingerprint density at radius 3 is 2.65 bits per heavy atom. The maximum Gasteiger partial charge on any atom is 0.433 e. The summed E-state index contributed by atoms with van der Waals surface area (Å²) in [5, 5.41) is 6.27. The third-order valence-electron chi connectivity index (χ3n) is 5.06. The zero-order valence-electron chi connectivity index (χ0n) is 17.0. The summed E-state index contributed by atoms with van der Waals surface area (Å²) in [6.07, 6.45) is -1.57. The third-order valence-corrected chi connectivity index (χ3v) is 5.06. The van der Waals surface area contributed by atoms with E-state index in [2.05, 4.69) is 20.6 Å². The molecular formula is C20H24F3N5O3. The van der Waals surface area contributed by atoms with Crippen molar-refractivity contribution in [1.29, 1.82) is 0 Å². The largest absolute Gasteiger partial charge is 0.465 e. The Balaban J connectivity index is 1.51. The molecule has 2 aromatic heterocycles. The van der Waals surface area contributed by atoms with Crippen molar-refractivity contribution in [3.8, 4) is 0 Å². The van der Waals surface area contributed by atoms with E-state index in [-0.39, 0.29) is 30.6 Å². The number of fused-ring (bicyclic) bond motifs is 1. The van der Waals surface area contributed by atoms with E-state index in [9.17, 15) is 22.8 Å². The van der Waals surface area contributed by atoms with Gasteiger partial charge in [0.1, 0.15) is 18.1 Å². The summed E-state index contributed by atoms with van der Waals surface area (Å²) in [5.41, 5.74) is -0.717. The molecule has 1 aliphatic heterocycles. The molecule has 0 spiro atoms. The van der Waals surface area contributed by atoms with Gasteiger partial charge in [-0.05, 0) is 43.9 Å². The van der Waals surface area contributed by atoms with Gasteiger partial charge in [0.25, 0.3) is 0 Å². The Hall–Kier alpha value is -3.11. The van der Waals surface area contributed by atoms with Gasteiger partial charge in [-0.25, -0.2) is 14.8 Å². The van der Waals surface area contributed by atoms with Crippen LogP contribution in [-0.2, 0) is 15.7 Å². The highest BCUT2D eigenvalue weighted by Crippen LogP contribution is 2.30. The average molecular weight is 439 g/mol. The maximum atomic E-state index is 12.9. The lowest BCUT2D eigenvalue weighted by molar-refractivity contribution is -0.142. The number of likely N-dealkylation sites (tertiary alicyclic amines) is 1. The standard InChI is InChI=1S/C20H24F3N5O3/c1-2-31-17(29)12-26-19(30)28-9-6-13(7-10-28)11-25-18-14-3-4-16(20(21,22)23)27-15(14)5-8-24-18/h3-5,8,13H,2,6-7,9-12H2,1H3,(H,24,25)(H,26,30). The lowest BCUT2D eigenvalue weighted by Crippen LogP contribution is -2.46. The summed E-state index contributed by atoms with van der Waals surface area (Å²) in [6.45, 7) is 3.46. The number of aromatic nitrogens is 2. The van der Waals surface area contributed by atoms with Gasteiger partial charge in [0, 0.05) is 31.2 Å². The van der Waals surface area contributed by atoms with E-state index in [0.29, 0.717) is 30.8 Å². The topological polar surface area (TPSA) is 96.5 Å². The minimum atomic E-state index is -4.50. The molecule has 0 unspecified atom stereocenters. The van der Waals surface area contributed by atoms with Crippen molar-refractivity contribution in [2.45, 2.75) is 25.9 Å². The van der Waals surface area contributed by atoms with Gasteiger partial charge in [-0.3, -0.25) is 4.79 Å². The monoisotopic (exact) mass is 439 g/mol. The molecule has 31 heavy (non-hydrogen) atoms. The van der Waals surface area contributed by atoms with Gasteiger partial charge in [0.2, 0.25) is 0 Å².